The van der Waals surface area contributed by atoms with Crippen molar-refractivity contribution in [1.29, 1.82) is 0 Å². The summed E-state index contributed by atoms with van der Waals surface area (Å²) in [6.45, 7) is 4.08. The molecular weight excluding hydrogens is 294 g/mol. The van der Waals surface area contributed by atoms with Crippen molar-refractivity contribution in [3.63, 3.8) is 0 Å². The topological polar surface area (TPSA) is 64.6 Å². The van der Waals surface area contributed by atoms with Gasteiger partial charge >= 0.3 is 0 Å². The number of ether oxygens (including phenoxy) is 2. The average molecular weight is 313 g/mol. The second kappa shape index (κ2) is 7.98. The number of benzene rings is 2. The average Bonchev–Trinajstić information content (AvgIpc) is 2.54. The zero-order valence-corrected chi connectivity index (χ0v) is 13.2. The van der Waals surface area contributed by atoms with Gasteiger partial charge < -0.3 is 14.8 Å². The molecule has 0 aliphatic carbocycles. The van der Waals surface area contributed by atoms with E-state index in [0.717, 1.165) is 17.5 Å². The molecule has 0 atom stereocenters. The second-order valence-corrected chi connectivity index (χ2v) is 4.96. The summed E-state index contributed by atoms with van der Waals surface area (Å²) in [6.07, 6.45) is 0.733. The first-order valence-electron chi connectivity index (χ1n) is 7.33. The summed E-state index contributed by atoms with van der Waals surface area (Å²) >= 11 is 0. The second-order valence-electron chi connectivity index (χ2n) is 4.96. The summed E-state index contributed by atoms with van der Waals surface area (Å²) in [5, 5.41) is 2.77. The molecule has 0 unspecified atom stereocenters. The highest BCUT2D eigenvalue weighted by Crippen LogP contribution is 2.28. The summed E-state index contributed by atoms with van der Waals surface area (Å²) in [4.78, 5) is 22.8. The maximum atomic E-state index is 12.0. The lowest BCUT2D eigenvalue weighted by molar-refractivity contribution is -0.118. The van der Waals surface area contributed by atoms with Crippen LogP contribution >= 0.6 is 0 Å². The monoisotopic (exact) mass is 313 g/mol. The van der Waals surface area contributed by atoms with E-state index >= 15 is 0 Å². The Bertz CT molecular complexity index is 697. The van der Waals surface area contributed by atoms with Gasteiger partial charge in [0.2, 0.25) is 0 Å². The zero-order valence-electron chi connectivity index (χ0n) is 13.2. The first kappa shape index (κ1) is 16.5. The highest BCUT2D eigenvalue weighted by Gasteiger charge is 2.09. The number of hydrogen-bond donors (Lipinski definition) is 1. The van der Waals surface area contributed by atoms with E-state index in [-0.39, 0.29) is 12.5 Å². The van der Waals surface area contributed by atoms with Crippen LogP contribution in [-0.4, -0.2) is 25.4 Å². The van der Waals surface area contributed by atoms with Crippen LogP contribution in [0, 0.1) is 6.92 Å². The van der Waals surface area contributed by atoms with Crippen molar-refractivity contribution in [2.75, 3.05) is 18.5 Å². The number of amides is 1. The van der Waals surface area contributed by atoms with E-state index in [1.54, 1.807) is 18.2 Å². The summed E-state index contributed by atoms with van der Waals surface area (Å²) in [5.74, 6) is 0.606. The minimum absolute atomic E-state index is 0.144. The van der Waals surface area contributed by atoms with Gasteiger partial charge in [-0.15, -0.1) is 0 Å². The highest BCUT2D eigenvalue weighted by atomic mass is 16.5. The molecule has 0 saturated heterocycles. The Hall–Kier alpha value is -2.82. The first-order valence-corrected chi connectivity index (χ1v) is 7.33. The smallest absolute Gasteiger partial charge is 0.262 e. The van der Waals surface area contributed by atoms with E-state index < -0.39 is 0 Å². The maximum Gasteiger partial charge on any atom is 0.262 e. The van der Waals surface area contributed by atoms with Crippen molar-refractivity contribution in [3.05, 3.63) is 53.6 Å². The molecule has 2 rings (SSSR count). The Labute approximate surface area is 135 Å². The van der Waals surface area contributed by atoms with Crippen LogP contribution in [0.15, 0.2) is 42.5 Å². The van der Waals surface area contributed by atoms with Crippen LogP contribution in [0.2, 0.25) is 0 Å². The zero-order chi connectivity index (χ0) is 16.7. The number of hydrogen-bond acceptors (Lipinski definition) is 4. The standard InChI is InChI=1S/C18H19NO4/c1-3-22-17-10-14(11-20)7-8-16(17)23-12-18(21)19-15-6-4-5-13(2)9-15/h4-11H,3,12H2,1-2H3,(H,19,21). The molecule has 0 fully saturated rings. The van der Waals surface area contributed by atoms with Gasteiger partial charge in [0.25, 0.3) is 5.91 Å². The molecule has 2 aromatic rings. The van der Waals surface area contributed by atoms with Crippen LogP contribution < -0.4 is 14.8 Å². The van der Waals surface area contributed by atoms with E-state index in [1.165, 1.54) is 0 Å². The van der Waals surface area contributed by atoms with Crippen LogP contribution in [0.3, 0.4) is 0 Å². The number of aryl methyl sites for hydroxylation is 1. The molecule has 0 radical (unpaired) electrons. The third-order valence-electron chi connectivity index (χ3n) is 3.06. The highest BCUT2D eigenvalue weighted by molar-refractivity contribution is 5.92. The van der Waals surface area contributed by atoms with E-state index in [4.69, 9.17) is 9.47 Å². The fraction of sp³-hybridized carbons (Fsp3) is 0.222. The lowest BCUT2D eigenvalue weighted by Gasteiger charge is -2.12. The summed E-state index contributed by atoms with van der Waals surface area (Å²) < 4.78 is 10.9. The third-order valence-corrected chi connectivity index (χ3v) is 3.06. The molecular formula is C18H19NO4. The summed E-state index contributed by atoms with van der Waals surface area (Å²) in [5.41, 5.74) is 2.27. The Morgan fingerprint density at radius 2 is 1.96 bits per heavy atom. The van der Waals surface area contributed by atoms with E-state index in [9.17, 15) is 9.59 Å². The van der Waals surface area contributed by atoms with Gasteiger partial charge in [-0.2, -0.15) is 0 Å². The van der Waals surface area contributed by atoms with Gasteiger partial charge in [0, 0.05) is 11.3 Å². The van der Waals surface area contributed by atoms with Gasteiger partial charge in [-0.05, 0) is 49.7 Å². The number of nitrogens with one attached hydrogen (secondary N) is 1. The van der Waals surface area contributed by atoms with Crippen molar-refractivity contribution in [1.82, 2.24) is 0 Å². The fourth-order valence-electron chi connectivity index (χ4n) is 2.05. The quantitative estimate of drug-likeness (QED) is 0.797. The summed E-state index contributed by atoms with van der Waals surface area (Å²) in [7, 11) is 0. The molecule has 1 amide bonds. The first-order chi connectivity index (χ1) is 11.1. The van der Waals surface area contributed by atoms with Crippen LogP contribution in [0.5, 0.6) is 11.5 Å². The molecule has 0 aliphatic rings. The molecule has 120 valence electrons. The van der Waals surface area contributed by atoms with Gasteiger partial charge in [0.15, 0.2) is 18.1 Å². The molecule has 0 bridgehead atoms. The maximum absolute atomic E-state index is 12.0. The number of rotatable bonds is 7. The Morgan fingerprint density at radius 1 is 1.13 bits per heavy atom. The molecule has 1 N–H and O–H groups in total. The van der Waals surface area contributed by atoms with Crippen LogP contribution in [-0.2, 0) is 4.79 Å². The molecule has 23 heavy (non-hydrogen) atoms. The van der Waals surface area contributed by atoms with Gasteiger partial charge in [0.05, 0.1) is 6.61 Å². The van der Waals surface area contributed by atoms with Crippen molar-refractivity contribution < 1.29 is 19.1 Å². The molecule has 5 nitrogen and oxygen atoms in total. The lowest BCUT2D eigenvalue weighted by Crippen LogP contribution is -2.20. The minimum atomic E-state index is -0.266. The van der Waals surface area contributed by atoms with Gasteiger partial charge in [-0.3, -0.25) is 9.59 Å². The summed E-state index contributed by atoms with van der Waals surface area (Å²) in [6, 6.07) is 12.3. The van der Waals surface area contributed by atoms with Crippen LogP contribution in [0.4, 0.5) is 5.69 Å². The largest absolute Gasteiger partial charge is 0.490 e. The number of carbonyl (C=O) groups is 2. The molecule has 0 saturated carbocycles. The van der Waals surface area contributed by atoms with Crippen molar-refractivity contribution in [2.24, 2.45) is 0 Å². The van der Waals surface area contributed by atoms with Crippen molar-refractivity contribution in [2.45, 2.75) is 13.8 Å². The Kier molecular flexibility index (Phi) is 5.74. The fourth-order valence-corrected chi connectivity index (χ4v) is 2.05. The van der Waals surface area contributed by atoms with Gasteiger partial charge in [-0.25, -0.2) is 0 Å². The van der Waals surface area contributed by atoms with E-state index in [1.807, 2.05) is 38.1 Å². The predicted octanol–water partition coefficient (Wildman–Crippen LogP) is 3.22. The lowest BCUT2D eigenvalue weighted by atomic mass is 10.2. The number of carbonyl (C=O) groups excluding carboxylic acids is 2. The normalized spacial score (nSPS) is 10.0. The van der Waals surface area contributed by atoms with E-state index in [0.29, 0.717) is 23.7 Å². The van der Waals surface area contributed by atoms with Crippen molar-refractivity contribution >= 4 is 17.9 Å². The molecule has 0 aromatic heterocycles. The predicted molar refractivity (Wildman–Crippen MR) is 88.3 cm³/mol. The van der Waals surface area contributed by atoms with Gasteiger partial charge in [0.1, 0.15) is 6.29 Å². The molecule has 0 heterocycles. The molecule has 2 aromatic carbocycles. The number of anilines is 1. The Balaban J connectivity index is 1.99. The molecule has 0 aliphatic heterocycles. The third kappa shape index (κ3) is 4.85. The SMILES string of the molecule is CCOc1cc(C=O)ccc1OCC(=O)Nc1cccc(C)c1. The molecule has 5 heteroatoms. The van der Waals surface area contributed by atoms with Crippen molar-refractivity contribution in [3.8, 4) is 11.5 Å². The Morgan fingerprint density at radius 3 is 2.65 bits per heavy atom. The van der Waals surface area contributed by atoms with Gasteiger partial charge in [-0.1, -0.05) is 12.1 Å². The van der Waals surface area contributed by atoms with Crippen LogP contribution in [0.25, 0.3) is 0 Å². The minimum Gasteiger partial charge on any atom is -0.490 e. The van der Waals surface area contributed by atoms with Crippen LogP contribution in [0.1, 0.15) is 22.8 Å². The number of aldehydes is 1. The van der Waals surface area contributed by atoms with E-state index in [2.05, 4.69) is 5.32 Å². The molecule has 0 spiro atoms.